The molecule has 4 nitrogen and oxygen atoms in total. The number of rotatable bonds is 8. The highest BCUT2D eigenvalue weighted by atomic mass is 16.5. The highest BCUT2D eigenvalue weighted by molar-refractivity contribution is 5.69. The SMILES string of the molecule is CCOC(=O)CCCCCNC1CCN(C)CC1C. The molecule has 4 heteroatoms. The van der Waals surface area contributed by atoms with E-state index >= 15 is 0 Å². The van der Waals surface area contributed by atoms with Crippen molar-refractivity contribution in [1.29, 1.82) is 0 Å². The van der Waals surface area contributed by atoms with Gasteiger partial charge in [-0.1, -0.05) is 13.3 Å². The first-order valence-electron chi connectivity index (χ1n) is 7.71. The van der Waals surface area contributed by atoms with Gasteiger partial charge in [0.2, 0.25) is 0 Å². The van der Waals surface area contributed by atoms with Gasteiger partial charge in [0.15, 0.2) is 0 Å². The molecule has 0 spiro atoms. The molecule has 0 aliphatic carbocycles. The summed E-state index contributed by atoms with van der Waals surface area (Å²) in [5, 5.41) is 3.66. The van der Waals surface area contributed by atoms with Gasteiger partial charge in [-0.2, -0.15) is 0 Å². The van der Waals surface area contributed by atoms with Crippen molar-refractivity contribution >= 4 is 5.97 Å². The Hall–Kier alpha value is -0.610. The van der Waals surface area contributed by atoms with Crippen LogP contribution >= 0.6 is 0 Å². The zero-order valence-corrected chi connectivity index (χ0v) is 12.8. The van der Waals surface area contributed by atoms with E-state index in [9.17, 15) is 4.79 Å². The number of hydrogen-bond donors (Lipinski definition) is 1. The molecule has 1 heterocycles. The Morgan fingerprint density at radius 1 is 1.37 bits per heavy atom. The minimum absolute atomic E-state index is 0.0561. The van der Waals surface area contributed by atoms with E-state index in [1.54, 1.807) is 0 Å². The van der Waals surface area contributed by atoms with Gasteiger partial charge in [0.25, 0.3) is 0 Å². The van der Waals surface area contributed by atoms with E-state index in [0.717, 1.165) is 31.7 Å². The van der Waals surface area contributed by atoms with Gasteiger partial charge >= 0.3 is 5.97 Å². The number of esters is 1. The summed E-state index contributed by atoms with van der Waals surface area (Å²) in [4.78, 5) is 13.6. The number of carbonyl (C=O) groups is 1. The predicted molar refractivity (Wildman–Crippen MR) is 78.2 cm³/mol. The first-order chi connectivity index (χ1) is 9.13. The zero-order chi connectivity index (χ0) is 14.1. The van der Waals surface area contributed by atoms with Gasteiger partial charge in [0.05, 0.1) is 6.61 Å². The van der Waals surface area contributed by atoms with Crippen molar-refractivity contribution in [3.8, 4) is 0 Å². The van der Waals surface area contributed by atoms with Crippen molar-refractivity contribution in [3.63, 3.8) is 0 Å². The Balaban J connectivity index is 1.97. The van der Waals surface area contributed by atoms with Crippen molar-refractivity contribution in [1.82, 2.24) is 10.2 Å². The monoisotopic (exact) mass is 270 g/mol. The third-order valence-electron chi connectivity index (χ3n) is 3.88. The van der Waals surface area contributed by atoms with Gasteiger partial charge < -0.3 is 15.0 Å². The van der Waals surface area contributed by atoms with Crippen LogP contribution in [0, 0.1) is 5.92 Å². The Kier molecular flexibility index (Phi) is 8.07. The molecule has 0 radical (unpaired) electrons. The summed E-state index contributed by atoms with van der Waals surface area (Å²) in [7, 11) is 2.20. The molecule has 0 aromatic heterocycles. The molecule has 1 N–H and O–H groups in total. The van der Waals surface area contributed by atoms with Gasteiger partial charge in [-0.05, 0) is 52.2 Å². The maximum absolute atomic E-state index is 11.2. The minimum Gasteiger partial charge on any atom is -0.466 e. The second kappa shape index (κ2) is 9.32. The summed E-state index contributed by atoms with van der Waals surface area (Å²) in [6.45, 7) is 8.14. The topological polar surface area (TPSA) is 41.6 Å². The molecule has 2 unspecified atom stereocenters. The first-order valence-corrected chi connectivity index (χ1v) is 7.71. The van der Waals surface area contributed by atoms with Crippen molar-refractivity contribution in [3.05, 3.63) is 0 Å². The molecule has 2 atom stereocenters. The molecule has 0 saturated carbocycles. The van der Waals surface area contributed by atoms with Gasteiger partial charge in [-0.25, -0.2) is 0 Å². The van der Waals surface area contributed by atoms with E-state index in [-0.39, 0.29) is 5.97 Å². The number of unbranched alkanes of at least 4 members (excludes halogenated alkanes) is 2. The zero-order valence-electron chi connectivity index (χ0n) is 12.8. The second-order valence-corrected chi connectivity index (χ2v) is 5.70. The lowest BCUT2D eigenvalue weighted by molar-refractivity contribution is -0.143. The Morgan fingerprint density at radius 3 is 2.84 bits per heavy atom. The molecule has 0 aromatic rings. The molecule has 1 rings (SSSR count). The average molecular weight is 270 g/mol. The normalized spacial score (nSPS) is 24.4. The van der Waals surface area contributed by atoms with E-state index in [2.05, 4.69) is 24.2 Å². The molecular formula is C15H30N2O2. The number of likely N-dealkylation sites (tertiary alicyclic amines) is 1. The van der Waals surface area contributed by atoms with Crippen molar-refractivity contribution < 1.29 is 9.53 Å². The molecule has 112 valence electrons. The van der Waals surface area contributed by atoms with Crippen LogP contribution in [0.4, 0.5) is 0 Å². The standard InChI is InChI=1S/C15H30N2O2/c1-4-19-15(18)8-6-5-7-10-16-14-9-11-17(3)12-13(14)2/h13-14,16H,4-12H2,1-3H3. The van der Waals surface area contributed by atoms with E-state index in [1.165, 1.54) is 19.5 Å². The highest BCUT2D eigenvalue weighted by Gasteiger charge is 2.23. The van der Waals surface area contributed by atoms with Crippen molar-refractivity contribution in [2.45, 2.75) is 52.0 Å². The molecule has 1 aliphatic heterocycles. The summed E-state index contributed by atoms with van der Waals surface area (Å²) in [5.41, 5.74) is 0. The fraction of sp³-hybridized carbons (Fsp3) is 0.933. The van der Waals surface area contributed by atoms with Gasteiger partial charge in [0.1, 0.15) is 0 Å². The average Bonchev–Trinajstić information content (AvgIpc) is 2.36. The molecule has 1 fully saturated rings. The number of carbonyl (C=O) groups excluding carboxylic acids is 1. The molecular weight excluding hydrogens is 240 g/mol. The van der Waals surface area contributed by atoms with Gasteiger partial charge in [0, 0.05) is 19.0 Å². The maximum atomic E-state index is 11.2. The van der Waals surface area contributed by atoms with Crippen molar-refractivity contribution in [2.75, 3.05) is 33.3 Å². The summed E-state index contributed by atoms with van der Waals surface area (Å²) < 4.78 is 4.91. The first kappa shape index (κ1) is 16.4. The molecule has 1 saturated heterocycles. The lowest BCUT2D eigenvalue weighted by Crippen LogP contribution is -2.47. The van der Waals surface area contributed by atoms with Crippen molar-refractivity contribution in [2.24, 2.45) is 5.92 Å². The lowest BCUT2D eigenvalue weighted by Gasteiger charge is -2.35. The number of piperidine rings is 1. The molecule has 1 aliphatic rings. The van der Waals surface area contributed by atoms with Gasteiger partial charge in [-0.15, -0.1) is 0 Å². The minimum atomic E-state index is -0.0561. The van der Waals surface area contributed by atoms with Crippen LogP contribution in [0.5, 0.6) is 0 Å². The van der Waals surface area contributed by atoms with Crippen LogP contribution in [0.3, 0.4) is 0 Å². The maximum Gasteiger partial charge on any atom is 0.305 e. The molecule has 0 bridgehead atoms. The summed E-state index contributed by atoms with van der Waals surface area (Å²) >= 11 is 0. The van der Waals surface area contributed by atoms with Crippen LogP contribution < -0.4 is 5.32 Å². The van der Waals surface area contributed by atoms with Crippen LogP contribution in [-0.2, 0) is 9.53 Å². The largest absolute Gasteiger partial charge is 0.466 e. The summed E-state index contributed by atoms with van der Waals surface area (Å²) in [6, 6.07) is 0.668. The Labute approximate surface area is 117 Å². The van der Waals surface area contributed by atoms with Crippen LogP contribution in [0.2, 0.25) is 0 Å². The number of nitrogens with one attached hydrogen (secondary N) is 1. The Morgan fingerprint density at radius 2 is 2.16 bits per heavy atom. The van der Waals surface area contributed by atoms with Gasteiger partial charge in [-0.3, -0.25) is 4.79 Å². The van der Waals surface area contributed by atoms with Crippen LogP contribution in [0.25, 0.3) is 0 Å². The third-order valence-corrected chi connectivity index (χ3v) is 3.88. The van der Waals surface area contributed by atoms with Crippen LogP contribution in [0.15, 0.2) is 0 Å². The van der Waals surface area contributed by atoms with Crippen LogP contribution in [-0.4, -0.2) is 50.2 Å². The number of hydrogen-bond acceptors (Lipinski definition) is 4. The summed E-state index contributed by atoms with van der Waals surface area (Å²) in [5.74, 6) is 0.678. The van der Waals surface area contributed by atoms with E-state index < -0.39 is 0 Å². The lowest BCUT2D eigenvalue weighted by atomic mass is 9.94. The fourth-order valence-electron chi connectivity index (χ4n) is 2.75. The molecule has 0 aromatic carbocycles. The third kappa shape index (κ3) is 6.92. The van der Waals surface area contributed by atoms with E-state index in [0.29, 0.717) is 19.1 Å². The Bertz CT molecular complexity index is 259. The summed E-state index contributed by atoms with van der Waals surface area (Å²) in [6.07, 6.45) is 5.02. The smallest absolute Gasteiger partial charge is 0.305 e. The molecule has 0 amide bonds. The fourth-order valence-corrected chi connectivity index (χ4v) is 2.75. The quantitative estimate of drug-likeness (QED) is 0.541. The van der Waals surface area contributed by atoms with Crippen LogP contribution in [0.1, 0.15) is 46.0 Å². The number of ether oxygens (including phenoxy) is 1. The van der Waals surface area contributed by atoms with E-state index in [4.69, 9.17) is 4.74 Å². The molecule has 19 heavy (non-hydrogen) atoms. The highest BCUT2D eigenvalue weighted by Crippen LogP contribution is 2.15. The second-order valence-electron chi connectivity index (χ2n) is 5.70. The number of nitrogens with zero attached hydrogens (tertiary/aromatic N) is 1. The predicted octanol–water partition coefficient (Wildman–Crippen LogP) is 2.04. The van der Waals surface area contributed by atoms with E-state index in [1.807, 2.05) is 6.92 Å².